The van der Waals surface area contributed by atoms with Crippen LogP contribution in [0.15, 0.2) is 53.0 Å². The van der Waals surface area contributed by atoms with Crippen LogP contribution in [0.25, 0.3) is 0 Å². The number of nitro groups is 1. The molecule has 3 rings (SSSR count). The Labute approximate surface area is 177 Å². The number of hydrogen-bond donors (Lipinski definition) is 1. The molecule has 2 aromatic carbocycles. The quantitative estimate of drug-likeness (QED) is 0.498. The lowest BCUT2D eigenvalue weighted by Crippen LogP contribution is -2.54. The third-order valence-corrected chi connectivity index (χ3v) is 5.31. The second-order valence-electron chi connectivity index (χ2n) is 6.69. The normalized spacial score (nSPS) is 16.4. The fourth-order valence-electron chi connectivity index (χ4n) is 3.01. The SMILES string of the molecule is O=C(OCc1ccccc1)N1CCNC(COCc2cc([N+](=O)[O-])ccc2Br)C1. The van der Waals surface area contributed by atoms with E-state index in [0.29, 0.717) is 31.8 Å². The van der Waals surface area contributed by atoms with Gasteiger partial charge in [0, 0.05) is 42.3 Å². The van der Waals surface area contributed by atoms with E-state index < -0.39 is 4.92 Å². The molecule has 9 heteroatoms. The number of carbonyl (C=O) groups is 1. The third kappa shape index (κ3) is 6.25. The summed E-state index contributed by atoms with van der Waals surface area (Å²) in [5, 5.41) is 14.2. The van der Waals surface area contributed by atoms with Crippen LogP contribution < -0.4 is 5.32 Å². The van der Waals surface area contributed by atoms with Crippen LogP contribution in [-0.4, -0.2) is 48.2 Å². The number of nitrogens with one attached hydrogen (secondary N) is 1. The second kappa shape index (κ2) is 10.3. The standard InChI is InChI=1S/C20H22BrN3O5/c21-19-7-6-18(24(26)27)10-16(19)13-28-14-17-11-23(9-8-22-17)20(25)29-12-15-4-2-1-3-5-15/h1-7,10,17,22H,8-9,11-14H2. The zero-order valence-electron chi connectivity index (χ0n) is 15.8. The predicted molar refractivity (Wildman–Crippen MR) is 110 cm³/mol. The highest BCUT2D eigenvalue weighted by atomic mass is 79.9. The number of nitro benzene ring substituents is 1. The highest BCUT2D eigenvalue weighted by Gasteiger charge is 2.24. The molecule has 1 aliphatic rings. The molecule has 0 aliphatic carbocycles. The molecular weight excluding hydrogens is 442 g/mol. The van der Waals surface area contributed by atoms with Gasteiger partial charge < -0.3 is 19.7 Å². The predicted octanol–water partition coefficient (Wildman–Crippen LogP) is 3.48. The van der Waals surface area contributed by atoms with E-state index in [1.54, 1.807) is 11.0 Å². The Bertz CT molecular complexity index is 849. The number of hydrogen-bond acceptors (Lipinski definition) is 6. The van der Waals surface area contributed by atoms with Crippen LogP contribution in [0.1, 0.15) is 11.1 Å². The molecule has 8 nitrogen and oxygen atoms in total. The van der Waals surface area contributed by atoms with E-state index in [9.17, 15) is 14.9 Å². The summed E-state index contributed by atoms with van der Waals surface area (Å²) in [5.74, 6) is 0. The van der Waals surface area contributed by atoms with Crippen molar-refractivity contribution < 1.29 is 19.2 Å². The van der Waals surface area contributed by atoms with E-state index in [1.165, 1.54) is 12.1 Å². The lowest BCUT2D eigenvalue weighted by Gasteiger charge is -2.32. The van der Waals surface area contributed by atoms with Gasteiger partial charge >= 0.3 is 6.09 Å². The first-order valence-electron chi connectivity index (χ1n) is 9.22. The number of benzene rings is 2. The number of rotatable bonds is 7. The molecule has 0 aromatic heterocycles. The molecule has 1 N–H and O–H groups in total. The Hall–Kier alpha value is -2.49. The van der Waals surface area contributed by atoms with E-state index >= 15 is 0 Å². The maximum absolute atomic E-state index is 12.3. The molecule has 154 valence electrons. The third-order valence-electron chi connectivity index (χ3n) is 4.54. The molecule has 1 amide bonds. The van der Waals surface area contributed by atoms with Gasteiger partial charge in [0.25, 0.3) is 5.69 Å². The molecule has 1 atom stereocenters. The summed E-state index contributed by atoms with van der Waals surface area (Å²) in [6.07, 6.45) is -0.346. The molecule has 1 fully saturated rings. The molecule has 1 heterocycles. The van der Waals surface area contributed by atoms with Crippen molar-refractivity contribution in [2.24, 2.45) is 0 Å². The van der Waals surface area contributed by atoms with Gasteiger partial charge in [0.1, 0.15) is 6.61 Å². The average molecular weight is 464 g/mol. The van der Waals surface area contributed by atoms with Crippen molar-refractivity contribution in [1.82, 2.24) is 10.2 Å². The van der Waals surface area contributed by atoms with Gasteiger partial charge in [-0.15, -0.1) is 0 Å². The summed E-state index contributed by atoms with van der Waals surface area (Å²) in [6, 6.07) is 14.1. The molecule has 1 unspecified atom stereocenters. The lowest BCUT2D eigenvalue weighted by molar-refractivity contribution is -0.385. The number of piperazine rings is 1. The molecule has 0 spiro atoms. The molecule has 29 heavy (non-hydrogen) atoms. The summed E-state index contributed by atoms with van der Waals surface area (Å²) < 4.78 is 11.9. The van der Waals surface area contributed by atoms with Crippen molar-refractivity contribution in [2.45, 2.75) is 19.3 Å². The fraction of sp³-hybridized carbons (Fsp3) is 0.350. The molecule has 0 bridgehead atoms. The number of ether oxygens (including phenoxy) is 2. The van der Waals surface area contributed by atoms with Crippen LogP contribution in [0, 0.1) is 10.1 Å². The van der Waals surface area contributed by atoms with Crippen molar-refractivity contribution in [2.75, 3.05) is 26.2 Å². The van der Waals surface area contributed by atoms with Crippen molar-refractivity contribution >= 4 is 27.7 Å². The molecule has 1 aliphatic heterocycles. The Morgan fingerprint density at radius 2 is 2.03 bits per heavy atom. The number of carbonyl (C=O) groups excluding carboxylic acids is 1. The number of amides is 1. The fourth-order valence-corrected chi connectivity index (χ4v) is 3.37. The maximum atomic E-state index is 12.3. The van der Waals surface area contributed by atoms with Gasteiger partial charge in [0.05, 0.1) is 18.1 Å². The van der Waals surface area contributed by atoms with Crippen LogP contribution in [-0.2, 0) is 22.7 Å². The van der Waals surface area contributed by atoms with Gasteiger partial charge in [-0.25, -0.2) is 4.79 Å². The average Bonchev–Trinajstić information content (AvgIpc) is 2.74. The van der Waals surface area contributed by atoms with Crippen molar-refractivity contribution in [3.05, 3.63) is 74.2 Å². The van der Waals surface area contributed by atoms with Gasteiger partial charge in [0.2, 0.25) is 0 Å². The van der Waals surface area contributed by atoms with Crippen LogP contribution >= 0.6 is 15.9 Å². The zero-order valence-corrected chi connectivity index (χ0v) is 17.3. The molecule has 0 saturated carbocycles. The molecular formula is C20H22BrN3O5. The van der Waals surface area contributed by atoms with Crippen LogP contribution in [0.5, 0.6) is 0 Å². The number of halogens is 1. The van der Waals surface area contributed by atoms with Gasteiger partial charge in [-0.2, -0.15) is 0 Å². The van der Waals surface area contributed by atoms with Crippen LogP contribution in [0.3, 0.4) is 0 Å². The lowest BCUT2D eigenvalue weighted by atomic mass is 10.2. The van der Waals surface area contributed by atoms with Gasteiger partial charge in [0.15, 0.2) is 0 Å². The Kier molecular flexibility index (Phi) is 7.56. The summed E-state index contributed by atoms with van der Waals surface area (Å²) in [7, 11) is 0. The monoisotopic (exact) mass is 463 g/mol. The van der Waals surface area contributed by atoms with Crippen molar-refractivity contribution in [3.8, 4) is 0 Å². The zero-order chi connectivity index (χ0) is 20.6. The van der Waals surface area contributed by atoms with Gasteiger partial charge in [-0.3, -0.25) is 10.1 Å². The Morgan fingerprint density at radius 1 is 1.24 bits per heavy atom. The summed E-state index contributed by atoms with van der Waals surface area (Å²) in [6.45, 7) is 2.54. The summed E-state index contributed by atoms with van der Waals surface area (Å²) in [5.41, 5.74) is 1.67. The number of nitrogens with zero attached hydrogens (tertiary/aromatic N) is 2. The Balaban J connectivity index is 1.45. The highest BCUT2D eigenvalue weighted by Crippen LogP contribution is 2.23. The van der Waals surface area contributed by atoms with E-state index in [2.05, 4.69) is 21.2 Å². The van der Waals surface area contributed by atoms with Crippen LogP contribution in [0.2, 0.25) is 0 Å². The van der Waals surface area contributed by atoms with Crippen molar-refractivity contribution in [1.29, 1.82) is 0 Å². The summed E-state index contributed by atoms with van der Waals surface area (Å²) >= 11 is 3.38. The minimum Gasteiger partial charge on any atom is -0.445 e. The second-order valence-corrected chi connectivity index (χ2v) is 7.54. The van der Waals surface area contributed by atoms with Crippen molar-refractivity contribution in [3.63, 3.8) is 0 Å². The van der Waals surface area contributed by atoms with E-state index in [4.69, 9.17) is 9.47 Å². The Morgan fingerprint density at radius 3 is 2.79 bits per heavy atom. The highest BCUT2D eigenvalue weighted by molar-refractivity contribution is 9.10. The van der Waals surface area contributed by atoms with E-state index in [1.807, 2.05) is 30.3 Å². The number of non-ortho nitro benzene ring substituents is 1. The molecule has 1 saturated heterocycles. The minimum absolute atomic E-state index is 0.0231. The van der Waals surface area contributed by atoms with Gasteiger partial charge in [-0.1, -0.05) is 46.3 Å². The smallest absolute Gasteiger partial charge is 0.410 e. The topological polar surface area (TPSA) is 93.9 Å². The first-order valence-corrected chi connectivity index (χ1v) is 10.0. The van der Waals surface area contributed by atoms with Crippen LogP contribution in [0.4, 0.5) is 10.5 Å². The summed E-state index contributed by atoms with van der Waals surface area (Å²) in [4.78, 5) is 24.5. The first kappa shape index (κ1) is 21.2. The molecule has 2 aromatic rings. The molecule has 0 radical (unpaired) electrons. The van der Waals surface area contributed by atoms with E-state index in [-0.39, 0.29) is 31.0 Å². The van der Waals surface area contributed by atoms with Gasteiger partial charge in [-0.05, 0) is 17.2 Å². The largest absolute Gasteiger partial charge is 0.445 e. The van der Waals surface area contributed by atoms with E-state index in [0.717, 1.165) is 10.0 Å². The maximum Gasteiger partial charge on any atom is 0.410 e. The minimum atomic E-state index is -0.433. The first-order chi connectivity index (χ1) is 14.0.